The van der Waals surface area contributed by atoms with Crippen molar-refractivity contribution in [3.05, 3.63) is 29.8 Å². The molecule has 1 aromatic rings. The Labute approximate surface area is 135 Å². The fourth-order valence-electron chi connectivity index (χ4n) is 2.06. The molecule has 6 heteroatoms. The Morgan fingerprint density at radius 1 is 1.22 bits per heavy atom. The first-order chi connectivity index (χ1) is 10.9. The van der Waals surface area contributed by atoms with Crippen LogP contribution in [0.5, 0.6) is 0 Å². The van der Waals surface area contributed by atoms with Crippen LogP contribution in [0.15, 0.2) is 24.3 Å². The van der Waals surface area contributed by atoms with Gasteiger partial charge in [-0.05, 0) is 50.5 Å². The highest BCUT2D eigenvalue weighted by atomic mass is 16.5. The van der Waals surface area contributed by atoms with Crippen molar-refractivity contribution < 1.29 is 23.9 Å². The van der Waals surface area contributed by atoms with Gasteiger partial charge in [-0.15, -0.1) is 0 Å². The van der Waals surface area contributed by atoms with E-state index in [4.69, 9.17) is 9.47 Å². The molecule has 124 valence electrons. The van der Waals surface area contributed by atoms with E-state index in [9.17, 15) is 14.4 Å². The van der Waals surface area contributed by atoms with E-state index >= 15 is 0 Å². The Hall–Kier alpha value is -2.37. The van der Waals surface area contributed by atoms with Gasteiger partial charge in [-0.3, -0.25) is 9.59 Å². The molecular weight excluding hydrogens is 298 g/mol. The molecule has 2 atom stereocenters. The number of carbonyl (C=O) groups excluding carboxylic acids is 3. The molecule has 6 nitrogen and oxygen atoms in total. The Bertz CT molecular complexity index is 594. The number of anilines is 1. The molecule has 1 aliphatic carbocycles. The van der Waals surface area contributed by atoms with Crippen molar-refractivity contribution in [2.75, 3.05) is 11.9 Å². The average molecular weight is 319 g/mol. The molecule has 0 radical (unpaired) electrons. The third-order valence-electron chi connectivity index (χ3n) is 3.50. The number of amides is 1. The van der Waals surface area contributed by atoms with E-state index in [1.807, 2.05) is 6.92 Å². The summed E-state index contributed by atoms with van der Waals surface area (Å²) in [5.74, 6) is -0.855. The molecule has 1 aliphatic rings. The minimum Gasteiger partial charge on any atom is -0.459 e. The number of hydrogen-bond acceptors (Lipinski definition) is 5. The van der Waals surface area contributed by atoms with Crippen LogP contribution in [-0.2, 0) is 19.1 Å². The van der Waals surface area contributed by atoms with Gasteiger partial charge in [-0.25, -0.2) is 4.79 Å². The Morgan fingerprint density at radius 2 is 1.83 bits per heavy atom. The molecule has 0 aliphatic heterocycles. The predicted molar refractivity (Wildman–Crippen MR) is 83.9 cm³/mol. The van der Waals surface area contributed by atoms with Crippen LogP contribution in [0.25, 0.3) is 0 Å². The molecule has 0 bridgehead atoms. The molecule has 2 rings (SSSR count). The molecule has 1 saturated carbocycles. The van der Waals surface area contributed by atoms with Gasteiger partial charge in [0, 0.05) is 5.69 Å². The van der Waals surface area contributed by atoms with Crippen LogP contribution in [0, 0.1) is 11.8 Å². The number of benzene rings is 1. The van der Waals surface area contributed by atoms with Crippen molar-refractivity contribution in [3.8, 4) is 0 Å². The standard InChI is InChI=1S/C17H21NO5/c1-10(2)23-16(20)12-4-6-13(7-5-12)18-15(19)9-22-17(21)14-8-11(14)3/h4-7,10-11,14H,8-9H2,1-3H3,(H,18,19)/t11-,14-/m0/s1. The minimum absolute atomic E-state index is 0.0611. The van der Waals surface area contributed by atoms with Crippen molar-refractivity contribution in [2.45, 2.75) is 33.3 Å². The Balaban J connectivity index is 1.79. The van der Waals surface area contributed by atoms with E-state index in [0.717, 1.165) is 6.42 Å². The van der Waals surface area contributed by atoms with Gasteiger partial charge < -0.3 is 14.8 Å². The van der Waals surface area contributed by atoms with Gasteiger partial charge in [0.05, 0.1) is 17.6 Å². The van der Waals surface area contributed by atoms with Gasteiger partial charge >= 0.3 is 11.9 Å². The largest absolute Gasteiger partial charge is 0.459 e. The highest BCUT2D eigenvalue weighted by molar-refractivity contribution is 5.94. The number of hydrogen-bond donors (Lipinski definition) is 1. The third-order valence-corrected chi connectivity index (χ3v) is 3.50. The first kappa shape index (κ1) is 17.0. The molecule has 0 saturated heterocycles. The Kier molecular flexibility index (Phi) is 5.36. The second-order valence-corrected chi connectivity index (χ2v) is 6.01. The van der Waals surface area contributed by atoms with Gasteiger partial charge in [0.1, 0.15) is 0 Å². The molecule has 1 N–H and O–H groups in total. The summed E-state index contributed by atoms with van der Waals surface area (Å²) < 4.78 is 10.0. The molecule has 1 fully saturated rings. The van der Waals surface area contributed by atoms with Gasteiger partial charge in [-0.1, -0.05) is 6.92 Å². The number of esters is 2. The monoisotopic (exact) mass is 319 g/mol. The summed E-state index contributed by atoms with van der Waals surface area (Å²) in [7, 11) is 0. The van der Waals surface area contributed by atoms with E-state index in [1.165, 1.54) is 0 Å². The SMILES string of the molecule is CC(C)OC(=O)c1ccc(NC(=O)COC(=O)[C@H]2C[C@@H]2C)cc1. The van der Waals surface area contributed by atoms with Crippen LogP contribution >= 0.6 is 0 Å². The van der Waals surface area contributed by atoms with E-state index < -0.39 is 11.9 Å². The lowest BCUT2D eigenvalue weighted by Gasteiger charge is -2.09. The lowest BCUT2D eigenvalue weighted by atomic mass is 10.2. The topological polar surface area (TPSA) is 81.7 Å². The number of ether oxygens (including phenoxy) is 2. The summed E-state index contributed by atoms with van der Waals surface area (Å²) >= 11 is 0. The van der Waals surface area contributed by atoms with Crippen molar-refractivity contribution in [3.63, 3.8) is 0 Å². The van der Waals surface area contributed by atoms with E-state index in [2.05, 4.69) is 5.32 Å². The molecule has 23 heavy (non-hydrogen) atoms. The number of rotatable bonds is 6. The summed E-state index contributed by atoms with van der Waals surface area (Å²) in [5, 5.41) is 2.61. The molecular formula is C17H21NO5. The zero-order chi connectivity index (χ0) is 17.0. The summed E-state index contributed by atoms with van der Waals surface area (Å²) in [6.45, 7) is 5.21. The molecule has 1 amide bonds. The van der Waals surface area contributed by atoms with Crippen LogP contribution < -0.4 is 5.32 Å². The van der Waals surface area contributed by atoms with E-state index in [0.29, 0.717) is 17.2 Å². The van der Waals surface area contributed by atoms with Crippen LogP contribution in [0.1, 0.15) is 37.6 Å². The summed E-state index contributed by atoms with van der Waals surface area (Å²) in [5.41, 5.74) is 0.929. The number of nitrogens with one attached hydrogen (secondary N) is 1. The quantitative estimate of drug-likeness (QED) is 0.814. The third kappa shape index (κ3) is 5.09. The predicted octanol–water partition coefficient (Wildman–Crippen LogP) is 2.39. The summed E-state index contributed by atoms with van der Waals surface area (Å²) in [4.78, 5) is 34.9. The van der Waals surface area contributed by atoms with Gasteiger partial charge in [0.25, 0.3) is 5.91 Å². The molecule has 1 aromatic carbocycles. The zero-order valence-corrected chi connectivity index (χ0v) is 13.5. The smallest absolute Gasteiger partial charge is 0.338 e. The molecule has 0 heterocycles. The normalized spacial score (nSPS) is 19.1. The van der Waals surface area contributed by atoms with Gasteiger partial charge in [0.2, 0.25) is 0 Å². The molecule has 0 aromatic heterocycles. The summed E-state index contributed by atoms with van der Waals surface area (Å²) in [6.07, 6.45) is 0.639. The van der Waals surface area contributed by atoms with E-state index in [1.54, 1.807) is 38.1 Å². The highest BCUT2D eigenvalue weighted by Crippen LogP contribution is 2.38. The Morgan fingerprint density at radius 3 is 2.35 bits per heavy atom. The van der Waals surface area contributed by atoms with Crippen LogP contribution in [0.3, 0.4) is 0 Å². The van der Waals surface area contributed by atoms with Gasteiger partial charge in [-0.2, -0.15) is 0 Å². The maximum absolute atomic E-state index is 11.7. The number of carbonyl (C=O) groups is 3. The van der Waals surface area contributed by atoms with Crippen molar-refractivity contribution in [1.29, 1.82) is 0 Å². The fraction of sp³-hybridized carbons (Fsp3) is 0.471. The molecule has 0 unspecified atom stereocenters. The van der Waals surface area contributed by atoms with Crippen molar-refractivity contribution in [2.24, 2.45) is 11.8 Å². The average Bonchev–Trinajstić information content (AvgIpc) is 3.22. The first-order valence-electron chi connectivity index (χ1n) is 7.64. The maximum atomic E-state index is 11.7. The summed E-state index contributed by atoms with van der Waals surface area (Å²) in [6, 6.07) is 6.33. The van der Waals surface area contributed by atoms with Crippen molar-refractivity contribution in [1.82, 2.24) is 0 Å². The lowest BCUT2D eigenvalue weighted by molar-refractivity contribution is -0.148. The second kappa shape index (κ2) is 7.26. The van der Waals surface area contributed by atoms with Crippen LogP contribution in [0.2, 0.25) is 0 Å². The maximum Gasteiger partial charge on any atom is 0.338 e. The highest BCUT2D eigenvalue weighted by Gasteiger charge is 2.40. The molecule has 0 spiro atoms. The zero-order valence-electron chi connectivity index (χ0n) is 13.5. The first-order valence-corrected chi connectivity index (χ1v) is 7.64. The van der Waals surface area contributed by atoms with Crippen LogP contribution in [0.4, 0.5) is 5.69 Å². The van der Waals surface area contributed by atoms with E-state index in [-0.39, 0.29) is 24.6 Å². The van der Waals surface area contributed by atoms with Crippen molar-refractivity contribution >= 4 is 23.5 Å². The van der Waals surface area contributed by atoms with Gasteiger partial charge in [0.15, 0.2) is 6.61 Å². The lowest BCUT2D eigenvalue weighted by Crippen LogP contribution is -2.21. The fourth-order valence-corrected chi connectivity index (χ4v) is 2.06. The minimum atomic E-state index is -0.413. The second-order valence-electron chi connectivity index (χ2n) is 6.01. The van der Waals surface area contributed by atoms with Crippen LogP contribution in [-0.4, -0.2) is 30.6 Å².